The van der Waals surface area contributed by atoms with E-state index < -0.39 is 0 Å². The van der Waals surface area contributed by atoms with Gasteiger partial charge in [-0.2, -0.15) is 0 Å². The number of thiophene rings is 1. The van der Waals surface area contributed by atoms with Crippen molar-refractivity contribution in [1.29, 1.82) is 5.41 Å². The summed E-state index contributed by atoms with van der Waals surface area (Å²) < 4.78 is 6.05. The highest BCUT2D eigenvalue weighted by molar-refractivity contribution is 7.13. The summed E-state index contributed by atoms with van der Waals surface area (Å²) in [7, 11) is 0. The van der Waals surface area contributed by atoms with Gasteiger partial charge in [-0.1, -0.05) is 26.0 Å². The van der Waals surface area contributed by atoms with E-state index in [1.54, 1.807) is 47.7 Å². The molecule has 0 atom stereocenters. The van der Waals surface area contributed by atoms with Crippen LogP contribution < -0.4 is 21.1 Å². The highest BCUT2D eigenvalue weighted by Crippen LogP contribution is 2.44. The number of carbonyl (C=O) groups is 2. The molecule has 0 aliphatic carbocycles. The van der Waals surface area contributed by atoms with Gasteiger partial charge in [-0.25, -0.2) is 0 Å². The van der Waals surface area contributed by atoms with Crippen molar-refractivity contribution in [2.75, 3.05) is 11.9 Å². The molecule has 0 saturated heterocycles. The number of nitrogens with one attached hydrogen (secondary N) is 3. The largest absolute Gasteiger partial charge is 0.488 e. The number of nitrogens with two attached hydrogens (primary N) is 1. The third-order valence-electron chi connectivity index (χ3n) is 6.32. The van der Waals surface area contributed by atoms with Gasteiger partial charge in [-0.15, -0.1) is 11.3 Å². The minimum Gasteiger partial charge on any atom is -0.488 e. The summed E-state index contributed by atoms with van der Waals surface area (Å²) in [5, 5.41) is 15.5. The average Bonchev–Trinajstić information content (AvgIpc) is 3.41. The third-order valence-corrected chi connectivity index (χ3v) is 7.31. The first-order chi connectivity index (χ1) is 18.3. The van der Waals surface area contributed by atoms with Gasteiger partial charge in [0, 0.05) is 44.9 Å². The molecule has 0 radical (unpaired) electrons. The minimum atomic E-state index is -0.277. The van der Waals surface area contributed by atoms with Gasteiger partial charge in [0.05, 0.1) is 0 Å². The molecule has 192 valence electrons. The summed E-state index contributed by atoms with van der Waals surface area (Å²) in [4.78, 5) is 27.2. The van der Waals surface area contributed by atoms with E-state index in [4.69, 9.17) is 15.9 Å². The molecule has 5 N–H and O–H groups in total. The number of amidine groups is 1. The molecule has 0 saturated carbocycles. The lowest BCUT2D eigenvalue weighted by Crippen LogP contribution is -2.27. The van der Waals surface area contributed by atoms with Crippen molar-refractivity contribution >= 4 is 34.7 Å². The molecule has 0 fully saturated rings. The van der Waals surface area contributed by atoms with Crippen LogP contribution in [0.4, 0.5) is 5.69 Å². The number of hydrogen-bond acceptors (Lipinski definition) is 5. The predicted molar refractivity (Wildman–Crippen MR) is 152 cm³/mol. The second-order valence-electron chi connectivity index (χ2n) is 9.58. The Balaban J connectivity index is 1.51. The summed E-state index contributed by atoms with van der Waals surface area (Å²) in [5.74, 6) is 0.637. The molecule has 5 rings (SSSR count). The molecule has 2 heterocycles. The molecular formula is C30H28N4O3S. The van der Waals surface area contributed by atoms with Crippen LogP contribution in [0.1, 0.15) is 45.7 Å². The lowest BCUT2D eigenvalue weighted by Gasteiger charge is -2.21. The molecule has 8 heteroatoms. The zero-order valence-electron chi connectivity index (χ0n) is 21.1. The van der Waals surface area contributed by atoms with E-state index in [-0.39, 0.29) is 17.6 Å². The molecule has 2 amide bonds. The van der Waals surface area contributed by atoms with E-state index >= 15 is 0 Å². The molecule has 0 unspecified atom stereocenters. The quantitative estimate of drug-likeness (QED) is 0.178. The SMILES string of the molecule is CC(C)CNC(=O)c1ccc(-c2cc3c(cc2C(=O)Nc2ccc(C(=N)N)cc2)-c2sccc2CO3)cc1. The Labute approximate surface area is 225 Å². The summed E-state index contributed by atoms with van der Waals surface area (Å²) >= 11 is 1.62. The van der Waals surface area contributed by atoms with Crippen LogP contribution in [-0.2, 0) is 6.61 Å². The molecule has 3 aromatic carbocycles. The van der Waals surface area contributed by atoms with Crippen LogP contribution in [0.15, 0.2) is 72.1 Å². The highest BCUT2D eigenvalue weighted by Gasteiger charge is 2.24. The first kappa shape index (κ1) is 25.2. The molecule has 0 bridgehead atoms. The number of carbonyl (C=O) groups excluding carboxylic acids is 2. The Bertz CT molecular complexity index is 1520. The van der Waals surface area contributed by atoms with E-state index in [1.807, 2.05) is 49.6 Å². The number of benzene rings is 3. The van der Waals surface area contributed by atoms with E-state index in [0.29, 0.717) is 47.0 Å². The van der Waals surface area contributed by atoms with Crippen LogP contribution >= 0.6 is 11.3 Å². The van der Waals surface area contributed by atoms with Gasteiger partial charge in [0.25, 0.3) is 11.8 Å². The lowest BCUT2D eigenvalue weighted by atomic mass is 9.93. The van der Waals surface area contributed by atoms with Crippen LogP contribution in [0.2, 0.25) is 0 Å². The standard InChI is InChI=1S/C30H28N4O3S/c1-17(2)15-33-29(35)20-5-3-18(4-6-20)23-14-26-25(27-21(16-37-26)11-12-38-27)13-24(23)30(36)34-22-9-7-19(8-10-22)28(31)32/h3-14,17H,15-16H2,1-2H3,(H3,31,32)(H,33,35)(H,34,36). The minimum absolute atomic E-state index is 0.0343. The van der Waals surface area contributed by atoms with Crippen molar-refractivity contribution in [3.8, 4) is 27.3 Å². The summed E-state index contributed by atoms with van der Waals surface area (Å²) in [6, 6.07) is 19.9. The Kier molecular flexibility index (Phi) is 6.98. The van der Waals surface area contributed by atoms with Crippen LogP contribution in [0.5, 0.6) is 5.75 Å². The van der Waals surface area contributed by atoms with Crippen molar-refractivity contribution in [3.63, 3.8) is 0 Å². The zero-order chi connectivity index (χ0) is 26.8. The van der Waals surface area contributed by atoms with Gasteiger partial charge in [0.15, 0.2) is 0 Å². The van der Waals surface area contributed by atoms with Crippen molar-refractivity contribution in [2.24, 2.45) is 11.7 Å². The topological polar surface area (TPSA) is 117 Å². The number of fused-ring (bicyclic) bond motifs is 3. The zero-order valence-corrected chi connectivity index (χ0v) is 21.9. The second-order valence-corrected chi connectivity index (χ2v) is 10.5. The van der Waals surface area contributed by atoms with Gasteiger partial charge in [0.2, 0.25) is 0 Å². The number of rotatable bonds is 7. The summed E-state index contributed by atoms with van der Waals surface area (Å²) in [6.45, 7) is 5.18. The Hall–Kier alpha value is -4.43. The lowest BCUT2D eigenvalue weighted by molar-refractivity contribution is 0.0948. The number of anilines is 1. The summed E-state index contributed by atoms with van der Waals surface area (Å²) in [5.41, 5.74) is 11.3. The molecule has 38 heavy (non-hydrogen) atoms. The first-order valence-corrected chi connectivity index (χ1v) is 13.2. The van der Waals surface area contributed by atoms with Crippen LogP contribution in [0, 0.1) is 11.3 Å². The smallest absolute Gasteiger partial charge is 0.256 e. The molecule has 0 spiro atoms. The second kappa shape index (κ2) is 10.5. The van der Waals surface area contributed by atoms with Gasteiger partial charge >= 0.3 is 0 Å². The molecule has 1 aromatic heterocycles. The molecule has 7 nitrogen and oxygen atoms in total. The molecular weight excluding hydrogens is 496 g/mol. The van der Waals surface area contributed by atoms with Crippen LogP contribution in [0.3, 0.4) is 0 Å². The van der Waals surface area contributed by atoms with E-state index in [9.17, 15) is 9.59 Å². The number of amides is 2. The maximum Gasteiger partial charge on any atom is 0.256 e. The maximum atomic E-state index is 13.6. The van der Waals surface area contributed by atoms with Gasteiger partial charge < -0.3 is 21.1 Å². The fraction of sp³-hybridized carbons (Fsp3) is 0.167. The molecule has 4 aromatic rings. The van der Waals surface area contributed by atoms with Crippen LogP contribution in [0.25, 0.3) is 21.6 Å². The van der Waals surface area contributed by atoms with Gasteiger partial charge in [-0.3, -0.25) is 15.0 Å². The van der Waals surface area contributed by atoms with E-state index in [1.165, 1.54) is 0 Å². The van der Waals surface area contributed by atoms with Crippen LogP contribution in [-0.4, -0.2) is 24.2 Å². The predicted octanol–water partition coefficient (Wildman–Crippen LogP) is 5.90. The first-order valence-electron chi connectivity index (χ1n) is 12.3. The third kappa shape index (κ3) is 5.17. The highest BCUT2D eigenvalue weighted by atomic mass is 32.1. The van der Waals surface area contributed by atoms with Crippen molar-refractivity contribution in [1.82, 2.24) is 5.32 Å². The number of nitrogen functional groups attached to an aromatic ring is 1. The summed E-state index contributed by atoms with van der Waals surface area (Å²) in [6.07, 6.45) is 0. The monoisotopic (exact) mass is 524 g/mol. The van der Waals surface area contributed by atoms with Crippen molar-refractivity contribution in [2.45, 2.75) is 20.5 Å². The van der Waals surface area contributed by atoms with Gasteiger partial charge in [-0.05, 0) is 77.0 Å². The fourth-order valence-electron chi connectivity index (χ4n) is 4.28. The number of ether oxygens (including phenoxy) is 1. The average molecular weight is 525 g/mol. The normalized spacial score (nSPS) is 11.8. The van der Waals surface area contributed by atoms with Gasteiger partial charge in [0.1, 0.15) is 18.2 Å². The van der Waals surface area contributed by atoms with E-state index in [0.717, 1.165) is 27.3 Å². The fourth-order valence-corrected chi connectivity index (χ4v) is 5.21. The Morgan fingerprint density at radius 2 is 1.68 bits per heavy atom. The number of hydrogen-bond donors (Lipinski definition) is 4. The molecule has 1 aliphatic heterocycles. The maximum absolute atomic E-state index is 13.6. The van der Waals surface area contributed by atoms with Crippen molar-refractivity contribution < 1.29 is 14.3 Å². The van der Waals surface area contributed by atoms with Crippen molar-refractivity contribution in [3.05, 3.63) is 94.4 Å². The Morgan fingerprint density at radius 3 is 2.37 bits per heavy atom. The molecule has 1 aliphatic rings. The Morgan fingerprint density at radius 1 is 0.974 bits per heavy atom. The van der Waals surface area contributed by atoms with E-state index in [2.05, 4.69) is 10.6 Å².